The highest BCUT2D eigenvalue weighted by Crippen LogP contribution is 2.22. The standard InChI is InChI=1S/C18H30N2O/c1-4-12-21-17-9-7-16(8-10-17)18(19-3)14-20-11-5-6-15(2)13-20/h7-10,15,18-19H,4-6,11-14H2,1-3H3. The van der Waals surface area contributed by atoms with Gasteiger partial charge >= 0.3 is 0 Å². The fraction of sp³-hybridized carbons (Fsp3) is 0.667. The molecule has 1 N–H and O–H groups in total. The van der Waals surface area contributed by atoms with Crippen LogP contribution in [0.2, 0.25) is 0 Å². The molecule has 1 aliphatic rings. The van der Waals surface area contributed by atoms with Crippen LogP contribution in [0.15, 0.2) is 24.3 Å². The molecule has 1 fully saturated rings. The van der Waals surface area contributed by atoms with E-state index in [4.69, 9.17) is 4.74 Å². The van der Waals surface area contributed by atoms with Crippen LogP contribution < -0.4 is 10.1 Å². The third-order valence-electron chi connectivity index (χ3n) is 4.29. The van der Waals surface area contributed by atoms with Gasteiger partial charge in [0.1, 0.15) is 5.75 Å². The highest BCUT2D eigenvalue weighted by molar-refractivity contribution is 5.29. The molecule has 118 valence electrons. The Bertz CT molecular complexity index is 404. The molecule has 21 heavy (non-hydrogen) atoms. The van der Waals surface area contributed by atoms with Gasteiger partial charge in [0.25, 0.3) is 0 Å². The van der Waals surface area contributed by atoms with E-state index in [1.54, 1.807) is 0 Å². The number of likely N-dealkylation sites (tertiary alicyclic amines) is 1. The first kappa shape index (κ1) is 16.3. The lowest BCUT2D eigenvalue weighted by molar-refractivity contribution is 0.169. The number of nitrogens with one attached hydrogen (secondary N) is 1. The molecule has 0 saturated carbocycles. The third-order valence-corrected chi connectivity index (χ3v) is 4.29. The summed E-state index contributed by atoms with van der Waals surface area (Å²) in [5.41, 5.74) is 1.35. The van der Waals surface area contributed by atoms with Gasteiger partial charge in [0.15, 0.2) is 0 Å². The van der Waals surface area contributed by atoms with Crippen LogP contribution in [-0.4, -0.2) is 38.2 Å². The smallest absolute Gasteiger partial charge is 0.119 e. The molecule has 1 heterocycles. The summed E-state index contributed by atoms with van der Waals surface area (Å²) in [5.74, 6) is 1.81. The highest BCUT2D eigenvalue weighted by atomic mass is 16.5. The Morgan fingerprint density at radius 2 is 2.10 bits per heavy atom. The monoisotopic (exact) mass is 290 g/mol. The first-order valence-corrected chi connectivity index (χ1v) is 8.35. The number of benzene rings is 1. The average molecular weight is 290 g/mol. The molecule has 1 aliphatic heterocycles. The average Bonchev–Trinajstić information content (AvgIpc) is 2.51. The van der Waals surface area contributed by atoms with Crippen LogP contribution in [0.5, 0.6) is 5.75 Å². The zero-order valence-electron chi connectivity index (χ0n) is 13.8. The van der Waals surface area contributed by atoms with Crippen molar-refractivity contribution in [1.82, 2.24) is 10.2 Å². The number of hydrogen-bond acceptors (Lipinski definition) is 3. The number of nitrogens with zero attached hydrogens (tertiary/aromatic N) is 1. The maximum absolute atomic E-state index is 5.66. The number of rotatable bonds is 7. The zero-order valence-corrected chi connectivity index (χ0v) is 13.8. The Morgan fingerprint density at radius 1 is 1.33 bits per heavy atom. The zero-order chi connectivity index (χ0) is 15.1. The number of piperidine rings is 1. The van der Waals surface area contributed by atoms with Gasteiger partial charge < -0.3 is 15.0 Å². The van der Waals surface area contributed by atoms with Gasteiger partial charge in [0.2, 0.25) is 0 Å². The summed E-state index contributed by atoms with van der Waals surface area (Å²) >= 11 is 0. The van der Waals surface area contributed by atoms with Crippen LogP contribution in [0.3, 0.4) is 0 Å². The maximum Gasteiger partial charge on any atom is 0.119 e. The van der Waals surface area contributed by atoms with Crippen LogP contribution in [0, 0.1) is 5.92 Å². The lowest BCUT2D eigenvalue weighted by Gasteiger charge is -2.33. The molecule has 2 atom stereocenters. The molecule has 0 amide bonds. The van der Waals surface area contributed by atoms with Gasteiger partial charge in [0.05, 0.1) is 6.61 Å². The van der Waals surface area contributed by atoms with Gasteiger partial charge in [-0.2, -0.15) is 0 Å². The van der Waals surface area contributed by atoms with E-state index in [1.807, 2.05) is 0 Å². The molecule has 0 spiro atoms. The van der Waals surface area contributed by atoms with Crippen molar-refractivity contribution in [1.29, 1.82) is 0 Å². The molecule has 1 aromatic carbocycles. The number of likely N-dealkylation sites (N-methyl/N-ethyl adjacent to an activating group) is 1. The first-order valence-electron chi connectivity index (χ1n) is 8.35. The van der Waals surface area contributed by atoms with Crippen molar-refractivity contribution in [2.75, 3.05) is 33.3 Å². The van der Waals surface area contributed by atoms with Crippen LogP contribution in [0.25, 0.3) is 0 Å². The molecule has 1 saturated heterocycles. The van der Waals surface area contributed by atoms with E-state index < -0.39 is 0 Å². The molecule has 0 radical (unpaired) electrons. The minimum atomic E-state index is 0.399. The van der Waals surface area contributed by atoms with Crippen molar-refractivity contribution in [2.24, 2.45) is 5.92 Å². The fourth-order valence-corrected chi connectivity index (χ4v) is 3.09. The number of ether oxygens (including phenoxy) is 1. The van der Waals surface area contributed by atoms with Crippen LogP contribution >= 0.6 is 0 Å². The molecule has 2 rings (SSSR count). The largest absolute Gasteiger partial charge is 0.494 e. The molecular formula is C18H30N2O. The van der Waals surface area contributed by atoms with E-state index in [1.165, 1.54) is 31.5 Å². The number of hydrogen-bond donors (Lipinski definition) is 1. The minimum Gasteiger partial charge on any atom is -0.494 e. The topological polar surface area (TPSA) is 24.5 Å². The quantitative estimate of drug-likeness (QED) is 0.832. The molecule has 0 bridgehead atoms. The second-order valence-electron chi connectivity index (χ2n) is 6.27. The lowest BCUT2D eigenvalue weighted by atomic mass is 9.98. The van der Waals surface area contributed by atoms with E-state index >= 15 is 0 Å². The Morgan fingerprint density at radius 3 is 2.71 bits per heavy atom. The molecule has 2 unspecified atom stereocenters. The summed E-state index contributed by atoms with van der Waals surface area (Å²) in [7, 11) is 2.06. The predicted molar refractivity (Wildman–Crippen MR) is 88.9 cm³/mol. The van der Waals surface area contributed by atoms with Gasteiger partial charge in [-0.25, -0.2) is 0 Å². The molecule has 3 heteroatoms. The first-order chi connectivity index (χ1) is 10.2. The summed E-state index contributed by atoms with van der Waals surface area (Å²) in [6.45, 7) is 8.85. The Labute approximate surface area is 129 Å². The maximum atomic E-state index is 5.66. The summed E-state index contributed by atoms with van der Waals surface area (Å²) in [4.78, 5) is 2.59. The van der Waals surface area contributed by atoms with E-state index in [0.717, 1.165) is 31.2 Å². The van der Waals surface area contributed by atoms with Gasteiger partial charge in [-0.1, -0.05) is 26.0 Å². The van der Waals surface area contributed by atoms with Crippen molar-refractivity contribution in [2.45, 2.75) is 39.2 Å². The second-order valence-corrected chi connectivity index (χ2v) is 6.27. The van der Waals surface area contributed by atoms with Gasteiger partial charge in [-0.3, -0.25) is 0 Å². The predicted octanol–water partition coefficient (Wildman–Crippen LogP) is 3.47. The van der Waals surface area contributed by atoms with E-state index in [2.05, 4.69) is 55.4 Å². The Balaban J connectivity index is 1.93. The lowest BCUT2D eigenvalue weighted by Crippen LogP contribution is -2.39. The molecular weight excluding hydrogens is 260 g/mol. The molecule has 3 nitrogen and oxygen atoms in total. The van der Waals surface area contributed by atoms with Gasteiger partial charge in [-0.15, -0.1) is 0 Å². The van der Waals surface area contributed by atoms with Crippen molar-refractivity contribution in [3.8, 4) is 5.75 Å². The normalized spacial score (nSPS) is 21.2. The van der Waals surface area contributed by atoms with E-state index in [9.17, 15) is 0 Å². The van der Waals surface area contributed by atoms with Crippen molar-refractivity contribution >= 4 is 0 Å². The summed E-state index contributed by atoms with van der Waals surface area (Å²) in [6, 6.07) is 8.97. The van der Waals surface area contributed by atoms with E-state index in [0.29, 0.717) is 6.04 Å². The highest BCUT2D eigenvalue weighted by Gasteiger charge is 2.20. The molecule has 1 aromatic rings. The second kappa shape index (κ2) is 8.40. The Kier molecular flexibility index (Phi) is 6.52. The molecule has 0 aliphatic carbocycles. The van der Waals surface area contributed by atoms with Crippen molar-refractivity contribution < 1.29 is 4.74 Å². The Hall–Kier alpha value is -1.06. The summed E-state index contributed by atoms with van der Waals surface area (Å²) < 4.78 is 5.66. The third kappa shape index (κ3) is 5.01. The minimum absolute atomic E-state index is 0.399. The van der Waals surface area contributed by atoms with Crippen molar-refractivity contribution in [3.63, 3.8) is 0 Å². The fourth-order valence-electron chi connectivity index (χ4n) is 3.09. The summed E-state index contributed by atoms with van der Waals surface area (Å²) in [6.07, 6.45) is 3.76. The van der Waals surface area contributed by atoms with Crippen molar-refractivity contribution in [3.05, 3.63) is 29.8 Å². The SMILES string of the molecule is CCCOc1ccc(C(CN2CCCC(C)C2)NC)cc1. The van der Waals surface area contributed by atoms with Gasteiger partial charge in [0, 0.05) is 19.1 Å². The summed E-state index contributed by atoms with van der Waals surface area (Å²) in [5, 5.41) is 3.46. The molecule has 0 aromatic heterocycles. The van der Waals surface area contributed by atoms with Crippen LogP contribution in [-0.2, 0) is 0 Å². The van der Waals surface area contributed by atoms with Crippen LogP contribution in [0.4, 0.5) is 0 Å². The van der Waals surface area contributed by atoms with E-state index in [-0.39, 0.29) is 0 Å². The van der Waals surface area contributed by atoms with Gasteiger partial charge in [-0.05, 0) is 56.5 Å². The van der Waals surface area contributed by atoms with Crippen LogP contribution in [0.1, 0.15) is 44.7 Å².